The molecule has 3 N–H and O–H groups in total. The van der Waals surface area contributed by atoms with E-state index in [4.69, 9.17) is 9.47 Å². The van der Waals surface area contributed by atoms with E-state index in [1.807, 2.05) is 35.8 Å². The third-order valence-corrected chi connectivity index (χ3v) is 6.04. The lowest BCUT2D eigenvalue weighted by Crippen LogP contribution is -2.45. The van der Waals surface area contributed by atoms with Gasteiger partial charge in [-0.1, -0.05) is 29.8 Å². The molecule has 1 aromatic carbocycles. The molecule has 4 rings (SSSR count). The van der Waals surface area contributed by atoms with Gasteiger partial charge in [0.1, 0.15) is 13.2 Å². The molecular formula is C23H33N5O5+2. The van der Waals surface area contributed by atoms with Crippen molar-refractivity contribution >= 4 is 11.2 Å². The van der Waals surface area contributed by atoms with Gasteiger partial charge in [0.2, 0.25) is 0 Å². The maximum Gasteiger partial charge on any atom is 0.427 e. The topological polar surface area (TPSA) is 108 Å². The van der Waals surface area contributed by atoms with Crippen LogP contribution in [0.3, 0.4) is 0 Å². The molecule has 0 saturated carbocycles. The zero-order valence-electron chi connectivity index (χ0n) is 19.3. The highest BCUT2D eigenvalue weighted by molar-refractivity contribution is 5.62. The number of aryl methyl sites for hydroxylation is 2. The van der Waals surface area contributed by atoms with Crippen LogP contribution >= 0.6 is 0 Å². The van der Waals surface area contributed by atoms with Crippen LogP contribution < -0.4 is 19.4 Å². The van der Waals surface area contributed by atoms with Gasteiger partial charge < -0.3 is 19.7 Å². The molecule has 0 bridgehead atoms. The van der Waals surface area contributed by atoms with E-state index in [0.717, 1.165) is 44.0 Å². The molecule has 10 heteroatoms. The number of hydrogen-bond donors (Lipinski definition) is 3. The lowest BCUT2D eigenvalue weighted by Gasteiger charge is -2.25. The van der Waals surface area contributed by atoms with E-state index in [1.165, 1.54) is 9.13 Å². The summed E-state index contributed by atoms with van der Waals surface area (Å²) in [5.41, 5.74) is 2.75. The minimum absolute atomic E-state index is 0.0694. The van der Waals surface area contributed by atoms with Crippen molar-refractivity contribution in [1.82, 2.24) is 14.5 Å². The standard InChI is InChI=1S/C23H31N5O5/c1-17-4-6-18(7-5-17)16-28-19-20(25(2)23(31)27(21(19)30)8-3-12-29)24-22(28)33-15-11-26-9-13-32-14-10-26/h4-7,29H,3,8-16H2,1-2H3/p+2. The van der Waals surface area contributed by atoms with Gasteiger partial charge in [-0.15, -0.1) is 0 Å². The molecular weight excluding hydrogens is 426 g/mol. The molecule has 10 nitrogen and oxygen atoms in total. The Kier molecular flexibility index (Phi) is 7.26. The number of morpholine rings is 1. The largest absolute Gasteiger partial charge is 0.458 e. The fourth-order valence-electron chi connectivity index (χ4n) is 4.08. The number of fused-ring (bicyclic) bond motifs is 1. The average Bonchev–Trinajstić information content (AvgIpc) is 3.18. The van der Waals surface area contributed by atoms with Gasteiger partial charge in [0.25, 0.3) is 11.2 Å². The van der Waals surface area contributed by atoms with E-state index in [2.05, 4.69) is 9.88 Å². The normalized spacial score (nSPS) is 14.8. The third kappa shape index (κ3) is 5.02. The summed E-state index contributed by atoms with van der Waals surface area (Å²) in [4.78, 5) is 18.9. The Balaban J connectivity index is 1.72. The van der Waals surface area contributed by atoms with E-state index < -0.39 is 0 Å². The number of ether oxygens (including phenoxy) is 2. The monoisotopic (exact) mass is 459 g/mol. The van der Waals surface area contributed by atoms with Crippen molar-refractivity contribution in [2.75, 3.05) is 46.1 Å². The summed E-state index contributed by atoms with van der Waals surface area (Å²) in [5, 5.41) is 19.9. The summed E-state index contributed by atoms with van der Waals surface area (Å²) >= 11 is 0. The minimum Gasteiger partial charge on any atom is -0.458 e. The lowest BCUT2D eigenvalue weighted by molar-refractivity contribution is -0.679. The molecule has 1 aliphatic rings. The number of aliphatic hydroxyl groups is 1. The summed E-state index contributed by atoms with van der Waals surface area (Å²) in [7, 11) is 1.69. The Morgan fingerprint density at radius 2 is 1.91 bits per heavy atom. The molecule has 3 aromatic rings. The van der Waals surface area contributed by atoms with Crippen LogP contribution in [-0.2, 0) is 24.9 Å². The third-order valence-electron chi connectivity index (χ3n) is 6.04. The van der Waals surface area contributed by atoms with Gasteiger partial charge in [0, 0.05) is 32.7 Å². The summed E-state index contributed by atoms with van der Waals surface area (Å²) < 4.78 is 16.2. The van der Waals surface area contributed by atoms with E-state index >= 15 is 0 Å². The number of aromatic nitrogens is 4. The van der Waals surface area contributed by atoms with Crippen LogP contribution in [0.25, 0.3) is 11.2 Å². The van der Waals surface area contributed by atoms with E-state index in [9.17, 15) is 15.0 Å². The molecule has 33 heavy (non-hydrogen) atoms. The van der Waals surface area contributed by atoms with Crippen LogP contribution in [0, 0.1) is 6.92 Å². The van der Waals surface area contributed by atoms with Crippen molar-refractivity contribution in [3.8, 4) is 12.0 Å². The number of nitrogens with zero attached hydrogens (tertiary/aromatic N) is 4. The molecule has 178 valence electrons. The number of nitrogens with one attached hydrogen (secondary N) is 1. The number of H-pyrrole nitrogens is 1. The molecule has 0 radical (unpaired) electrons. The van der Waals surface area contributed by atoms with Gasteiger partial charge in [-0.25, -0.2) is 9.78 Å². The highest BCUT2D eigenvalue weighted by Crippen LogP contribution is 2.13. The van der Waals surface area contributed by atoms with Gasteiger partial charge in [-0.2, -0.15) is 13.7 Å². The fourth-order valence-corrected chi connectivity index (χ4v) is 4.08. The number of imidazole rings is 1. The van der Waals surface area contributed by atoms with Crippen molar-refractivity contribution in [3.63, 3.8) is 0 Å². The number of aromatic hydroxyl groups is 1. The number of hydrogen-bond acceptors (Lipinski definition) is 6. The quantitative estimate of drug-likeness (QED) is 0.376. The number of rotatable bonds is 9. The molecule has 1 aliphatic heterocycles. The first-order chi connectivity index (χ1) is 16.0. The molecule has 1 saturated heterocycles. The van der Waals surface area contributed by atoms with Crippen LogP contribution in [0.5, 0.6) is 12.0 Å². The van der Waals surface area contributed by atoms with Crippen LogP contribution in [-0.4, -0.2) is 70.7 Å². The zero-order valence-corrected chi connectivity index (χ0v) is 19.3. The van der Waals surface area contributed by atoms with Crippen LogP contribution in [0.1, 0.15) is 17.5 Å². The zero-order chi connectivity index (χ0) is 23.4. The van der Waals surface area contributed by atoms with E-state index in [-0.39, 0.29) is 24.7 Å². The SMILES string of the molecule is Cc1ccc(C[n+]2c(OCCN3CCOCC3)[nH]c3c2c(=O)n(CCCO)c(O)[n+]3C)cc1. The van der Waals surface area contributed by atoms with Gasteiger partial charge in [0.15, 0.2) is 0 Å². The van der Waals surface area contributed by atoms with Gasteiger partial charge in [-0.3, -0.25) is 4.90 Å². The van der Waals surface area contributed by atoms with Crippen molar-refractivity contribution in [2.45, 2.75) is 26.4 Å². The van der Waals surface area contributed by atoms with Gasteiger partial charge in [-0.05, 0) is 12.5 Å². The molecule has 1 fully saturated rings. The molecule has 2 aromatic heterocycles. The predicted octanol–water partition coefficient (Wildman–Crippen LogP) is -0.403. The minimum atomic E-state index is -0.333. The Morgan fingerprint density at radius 1 is 1.18 bits per heavy atom. The predicted molar refractivity (Wildman–Crippen MR) is 120 cm³/mol. The molecule has 0 spiro atoms. The average molecular weight is 460 g/mol. The van der Waals surface area contributed by atoms with Crippen molar-refractivity contribution in [1.29, 1.82) is 0 Å². The molecule has 0 unspecified atom stereocenters. The fraction of sp³-hybridized carbons (Fsp3) is 0.522. The summed E-state index contributed by atoms with van der Waals surface area (Å²) in [5.74, 6) is 0. The van der Waals surface area contributed by atoms with Crippen LogP contribution in [0.4, 0.5) is 0 Å². The van der Waals surface area contributed by atoms with E-state index in [0.29, 0.717) is 36.7 Å². The van der Waals surface area contributed by atoms with Crippen molar-refractivity contribution in [3.05, 3.63) is 45.7 Å². The maximum atomic E-state index is 13.4. The summed E-state index contributed by atoms with van der Waals surface area (Å²) in [6.45, 7) is 7.02. The van der Waals surface area contributed by atoms with Gasteiger partial charge >= 0.3 is 17.6 Å². The first-order valence-electron chi connectivity index (χ1n) is 11.4. The highest BCUT2D eigenvalue weighted by atomic mass is 16.5. The summed E-state index contributed by atoms with van der Waals surface area (Å²) in [6, 6.07) is 8.42. The van der Waals surface area contributed by atoms with Crippen molar-refractivity contribution in [2.24, 2.45) is 7.05 Å². The lowest BCUT2D eigenvalue weighted by atomic mass is 10.1. The molecule has 0 atom stereocenters. The molecule has 3 heterocycles. The highest BCUT2D eigenvalue weighted by Gasteiger charge is 2.31. The van der Waals surface area contributed by atoms with E-state index in [1.54, 1.807) is 7.05 Å². The smallest absolute Gasteiger partial charge is 0.427 e. The summed E-state index contributed by atoms with van der Waals surface area (Å²) in [6.07, 6.45) is 0.365. The second-order valence-corrected chi connectivity index (χ2v) is 8.39. The Labute approximate surface area is 192 Å². The van der Waals surface area contributed by atoms with Crippen LogP contribution in [0.15, 0.2) is 29.1 Å². The second kappa shape index (κ2) is 10.3. The maximum absolute atomic E-state index is 13.4. The first-order valence-corrected chi connectivity index (χ1v) is 11.4. The number of aliphatic hydroxyl groups excluding tert-OH is 1. The molecule has 0 amide bonds. The Bertz CT molecular complexity index is 1150. The van der Waals surface area contributed by atoms with Crippen molar-refractivity contribution < 1.29 is 28.8 Å². The first kappa shape index (κ1) is 23.2. The molecule has 0 aliphatic carbocycles. The van der Waals surface area contributed by atoms with Crippen LogP contribution in [0.2, 0.25) is 0 Å². The number of benzene rings is 1. The Hall–Kier alpha value is -2.95. The van der Waals surface area contributed by atoms with Gasteiger partial charge in [0.05, 0.1) is 26.8 Å². The second-order valence-electron chi connectivity index (χ2n) is 8.39. The Morgan fingerprint density at radius 3 is 2.61 bits per heavy atom. The number of aromatic amines is 1.